The summed E-state index contributed by atoms with van der Waals surface area (Å²) in [5, 5.41) is 7.37. The molecule has 1 atom stereocenters. The molecular weight excluding hydrogens is 407 g/mol. The molecule has 0 spiro atoms. The first kappa shape index (κ1) is 23.4. The first-order valence-corrected chi connectivity index (χ1v) is 10.9. The minimum absolute atomic E-state index is 0.00524. The molecule has 1 N–H and O–H groups in total. The molecule has 3 aromatic rings. The van der Waals surface area contributed by atoms with Gasteiger partial charge in [0.1, 0.15) is 5.82 Å². The molecule has 0 fully saturated rings. The van der Waals surface area contributed by atoms with E-state index in [1.165, 1.54) is 12.1 Å². The summed E-state index contributed by atoms with van der Waals surface area (Å²) in [6.45, 7) is 10.9. The predicted octanol–water partition coefficient (Wildman–Crippen LogP) is 5.87. The molecule has 6 nitrogen and oxygen atoms in total. The smallest absolute Gasteiger partial charge is 0.336 e. The summed E-state index contributed by atoms with van der Waals surface area (Å²) < 4.78 is 20.8. The molecule has 0 saturated heterocycles. The summed E-state index contributed by atoms with van der Waals surface area (Å²) in [6.07, 6.45) is 1.46. The predicted molar refractivity (Wildman–Crippen MR) is 124 cm³/mol. The lowest BCUT2D eigenvalue weighted by molar-refractivity contribution is -0.117. The van der Waals surface area contributed by atoms with Crippen LogP contribution in [-0.2, 0) is 4.79 Å². The molecule has 2 aromatic carbocycles. The lowest BCUT2D eigenvalue weighted by Gasteiger charge is -2.22. The Labute approximate surface area is 188 Å². The van der Waals surface area contributed by atoms with Gasteiger partial charge in [0, 0.05) is 17.7 Å². The topological polar surface area (TPSA) is 69.0 Å². The number of hydrogen-bond acceptors (Lipinski definition) is 4. The Balaban J connectivity index is 1.78. The zero-order chi connectivity index (χ0) is 23.3. The summed E-state index contributed by atoms with van der Waals surface area (Å²) in [6, 6.07) is 13.7. The van der Waals surface area contributed by atoms with Gasteiger partial charge in [0.05, 0.1) is 12.3 Å². The van der Waals surface area contributed by atoms with E-state index in [4.69, 9.17) is 4.74 Å². The number of nitrogens with zero attached hydrogens (tertiary/aromatic N) is 3. The minimum Gasteiger partial charge on any atom is -0.463 e. The van der Waals surface area contributed by atoms with Crippen LogP contribution in [0.25, 0.3) is 17.1 Å². The molecule has 1 heterocycles. The zero-order valence-corrected chi connectivity index (χ0v) is 19.4. The van der Waals surface area contributed by atoms with E-state index >= 15 is 0 Å². The van der Waals surface area contributed by atoms with E-state index in [1.54, 1.807) is 16.8 Å². The molecule has 1 unspecified atom stereocenters. The zero-order valence-electron chi connectivity index (χ0n) is 19.4. The van der Waals surface area contributed by atoms with Crippen LogP contribution in [0.2, 0.25) is 0 Å². The van der Waals surface area contributed by atoms with Gasteiger partial charge < -0.3 is 10.1 Å². The molecule has 0 aliphatic carbocycles. The average molecular weight is 439 g/mol. The van der Waals surface area contributed by atoms with Crippen LogP contribution in [0.15, 0.2) is 48.5 Å². The lowest BCUT2D eigenvalue weighted by Crippen LogP contribution is -2.18. The molecule has 0 aliphatic heterocycles. The number of aromatic nitrogens is 3. The van der Waals surface area contributed by atoms with Gasteiger partial charge in [-0.15, -0.1) is 5.10 Å². The molecule has 3 rings (SSSR count). The number of carbonyl (C=O) groups is 1. The second-order valence-corrected chi connectivity index (χ2v) is 9.24. The molecule has 7 heteroatoms. The highest BCUT2D eigenvalue weighted by molar-refractivity contribution is 5.90. The molecular formula is C25H31FN4O2. The molecule has 0 aliphatic rings. The van der Waals surface area contributed by atoms with Crippen LogP contribution in [0.3, 0.4) is 0 Å². The van der Waals surface area contributed by atoms with Gasteiger partial charge in [-0.1, -0.05) is 39.8 Å². The highest BCUT2D eigenvalue weighted by Gasteiger charge is 2.18. The van der Waals surface area contributed by atoms with Gasteiger partial charge in [-0.25, -0.2) is 9.07 Å². The van der Waals surface area contributed by atoms with Crippen molar-refractivity contribution in [2.24, 2.45) is 11.3 Å². The second-order valence-electron chi connectivity index (χ2n) is 9.24. The second kappa shape index (κ2) is 9.94. The first-order valence-electron chi connectivity index (χ1n) is 10.9. The standard InChI is InChI=1S/C25H31FN4O2/c1-6-32-24-28-23(18-8-7-9-19(26)15-18)30(29-24)21-12-10-20(11-13-21)27-22(31)14-17(2)16-25(3,4)5/h7-13,15,17H,6,14,16H2,1-5H3,(H,27,31). The number of anilines is 1. The van der Waals surface area contributed by atoms with Crippen LogP contribution >= 0.6 is 0 Å². The van der Waals surface area contributed by atoms with E-state index in [9.17, 15) is 9.18 Å². The lowest BCUT2D eigenvalue weighted by atomic mass is 9.84. The fraction of sp³-hybridized carbons (Fsp3) is 0.400. The third-order valence-electron chi connectivity index (χ3n) is 4.83. The van der Waals surface area contributed by atoms with Crippen LogP contribution in [0.4, 0.5) is 10.1 Å². The number of amides is 1. The Morgan fingerprint density at radius 2 is 1.91 bits per heavy atom. The van der Waals surface area contributed by atoms with E-state index < -0.39 is 0 Å². The van der Waals surface area contributed by atoms with Crippen LogP contribution < -0.4 is 10.1 Å². The van der Waals surface area contributed by atoms with E-state index in [0.717, 1.165) is 12.1 Å². The third kappa shape index (κ3) is 6.39. The van der Waals surface area contributed by atoms with Crippen molar-refractivity contribution >= 4 is 11.6 Å². The summed E-state index contributed by atoms with van der Waals surface area (Å²) in [5.74, 6) is 0.416. The number of rotatable bonds is 8. The van der Waals surface area contributed by atoms with Crippen molar-refractivity contribution in [1.82, 2.24) is 14.8 Å². The molecule has 0 saturated carbocycles. The van der Waals surface area contributed by atoms with Crippen molar-refractivity contribution in [2.45, 2.75) is 47.5 Å². The molecule has 0 bridgehead atoms. The fourth-order valence-electron chi connectivity index (χ4n) is 3.81. The summed E-state index contributed by atoms with van der Waals surface area (Å²) in [4.78, 5) is 16.8. The Bertz CT molecular complexity index is 1050. The van der Waals surface area contributed by atoms with Crippen LogP contribution in [0.1, 0.15) is 47.5 Å². The van der Waals surface area contributed by atoms with Crippen LogP contribution in [-0.4, -0.2) is 27.3 Å². The van der Waals surface area contributed by atoms with Gasteiger partial charge >= 0.3 is 6.01 Å². The van der Waals surface area contributed by atoms with Crippen molar-refractivity contribution in [3.63, 3.8) is 0 Å². The van der Waals surface area contributed by atoms with E-state index in [1.807, 2.05) is 31.2 Å². The maximum absolute atomic E-state index is 13.8. The third-order valence-corrected chi connectivity index (χ3v) is 4.83. The first-order chi connectivity index (χ1) is 15.1. The van der Waals surface area contributed by atoms with Crippen molar-refractivity contribution in [2.75, 3.05) is 11.9 Å². The summed E-state index contributed by atoms with van der Waals surface area (Å²) in [7, 11) is 0. The van der Waals surface area contributed by atoms with Gasteiger partial charge in [-0.2, -0.15) is 4.98 Å². The highest BCUT2D eigenvalue weighted by Crippen LogP contribution is 2.27. The SMILES string of the molecule is CCOc1nc(-c2cccc(F)c2)n(-c2ccc(NC(=O)CC(C)CC(C)(C)C)cc2)n1. The normalized spacial score (nSPS) is 12.4. The highest BCUT2D eigenvalue weighted by atomic mass is 19.1. The average Bonchev–Trinajstić information content (AvgIpc) is 3.11. The summed E-state index contributed by atoms with van der Waals surface area (Å²) in [5.41, 5.74) is 2.22. The maximum atomic E-state index is 13.8. The number of benzene rings is 2. The summed E-state index contributed by atoms with van der Waals surface area (Å²) >= 11 is 0. The number of ether oxygens (including phenoxy) is 1. The molecule has 1 amide bonds. The Hall–Kier alpha value is -3.22. The maximum Gasteiger partial charge on any atom is 0.336 e. The minimum atomic E-state index is -0.353. The Kier molecular flexibility index (Phi) is 7.28. The van der Waals surface area contributed by atoms with E-state index in [-0.39, 0.29) is 23.1 Å². The van der Waals surface area contributed by atoms with Gasteiger partial charge in [0.15, 0.2) is 5.82 Å². The molecule has 32 heavy (non-hydrogen) atoms. The number of hydrogen-bond donors (Lipinski definition) is 1. The quantitative estimate of drug-likeness (QED) is 0.477. The van der Waals surface area contributed by atoms with Gasteiger partial charge in [-0.05, 0) is 61.1 Å². The van der Waals surface area contributed by atoms with Crippen molar-refractivity contribution in [1.29, 1.82) is 0 Å². The number of nitrogens with one attached hydrogen (secondary N) is 1. The molecule has 1 aromatic heterocycles. The molecule has 0 radical (unpaired) electrons. The Morgan fingerprint density at radius 1 is 1.19 bits per heavy atom. The van der Waals surface area contributed by atoms with Crippen molar-refractivity contribution in [3.8, 4) is 23.1 Å². The number of carbonyl (C=O) groups excluding carboxylic acids is 1. The van der Waals surface area contributed by atoms with Crippen LogP contribution in [0.5, 0.6) is 6.01 Å². The van der Waals surface area contributed by atoms with Gasteiger partial charge in [0.25, 0.3) is 0 Å². The monoisotopic (exact) mass is 438 g/mol. The van der Waals surface area contributed by atoms with Crippen LogP contribution in [0, 0.1) is 17.2 Å². The van der Waals surface area contributed by atoms with E-state index in [0.29, 0.717) is 36.0 Å². The Morgan fingerprint density at radius 3 is 2.53 bits per heavy atom. The largest absolute Gasteiger partial charge is 0.463 e. The van der Waals surface area contributed by atoms with Crippen molar-refractivity contribution in [3.05, 3.63) is 54.3 Å². The van der Waals surface area contributed by atoms with E-state index in [2.05, 4.69) is 43.1 Å². The fourth-order valence-corrected chi connectivity index (χ4v) is 3.81. The van der Waals surface area contributed by atoms with Gasteiger partial charge in [-0.3, -0.25) is 4.79 Å². The van der Waals surface area contributed by atoms with Crippen molar-refractivity contribution < 1.29 is 13.9 Å². The van der Waals surface area contributed by atoms with Gasteiger partial charge in [0.2, 0.25) is 5.91 Å². The molecule has 170 valence electrons. The number of halogens is 1.